The predicted molar refractivity (Wildman–Crippen MR) is 48.9 cm³/mol. The van der Waals surface area contributed by atoms with Crippen molar-refractivity contribution < 1.29 is 9.60 Å². The summed E-state index contributed by atoms with van der Waals surface area (Å²) in [7, 11) is 0. The topological polar surface area (TPSA) is 4.44 Å². The molecule has 12 heavy (non-hydrogen) atoms. The van der Waals surface area contributed by atoms with Gasteiger partial charge in [0.05, 0.1) is 19.1 Å². The summed E-state index contributed by atoms with van der Waals surface area (Å²) in [6, 6.07) is 0.999. The Labute approximate surface area is 75.5 Å². The second kappa shape index (κ2) is 6.41. The minimum atomic E-state index is 0. The van der Waals surface area contributed by atoms with E-state index in [2.05, 4.69) is 13.8 Å². The highest BCUT2D eigenvalue weighted by atomic mass is 19.0. The normalized spacial score (nSPS) is 29.5. The minimum absolute atomic E-state index is 0. The lowest BCUT2D eigenvalue weighted by Crippen LogP contribution is -3.16. The summed E-state index contributed by atoms with van der Waals surface area (Å²) >= 11 is 0. The fourth-order valence-corrected chi connectivity index (χ4v) is 2.31. The summed E-state index contributed by atoms with van der Waals surface area (Å²) in [5, 5.41) is 0. The van der Waals surface area contributed by atoms with E-state index in [0.717, 1.165) is 6.04 Å². The van der Waals surface area contributed by atoms with Gasteiger partial charge in [0.2, 0.25) is 0 Å². The summed E-state index contributed by atoms with van der Waals surface area (Å²) in [6.07, 6.45) is 7.24. The van der Waals surface area contributed by atoms with Crippen molar-refractivity contribution in [2.75, 3.05) is 13.1 Å². The van der Waals surface area contributed by atoms with Crippen molar-refractivity contribution in [2.45, 2.75) is 52.0 Å². The number of hydrogen-bond acceptors (Lipinski definition) is 0. The zero-order chi connectivity index (χ0) is 8.10. The van der Waals surface area contributed by atoms with Crippen molar-refractivity contribution in [1.82, 2.24) is 0 Å². The van der Waals surface area contributed by atoms with Gasteiger partial charge in [-0.1, -0.05) is 13.3 Å². The maximum Gasteiger partial charge on any atom is 0.0874 e. The fraction of sp³-hybridized carbons (Fsp3) is 1.00. The van der Waals surface area contributed by atoms with Crippen molar-refractivity contribution in [3.8, 4) is 0 Å². The number of halogens is 1. The van der Waals surface area contributed by atoms with Crippen LogP contribution in [0.3, 0.4) is 0 Å². The molecule has 0 radical (unpaired) electrons. The van der Waals surface area contributed by atoms with Crippen molar-refractivity contribution in [3.63, 3.8) is 0 Å². The van der Waals surface area contributed by atoms with Gasteiger partial charge >= 0.3 is 0 Å². The first-order valence-electron chi connectivity index (χ1n) is 5.23. The molecule has 1 N–H and O–H groups in total. The molecule has 2 unspecified atom stereocenters. The Morgan fingerprint density at radius 3 is 2.58 bits per heavy atom. The molecule has 1 nitrogen and oxygen atoms in total. The maximum atomic E-state index is 2.32. The van der Waals surface area contributed by atoms with Gasteiger partial charge in [0.1, 0.15) is 0 Å². The van der Waals surface area contributed by atoms with Crippen LogP contribution >= 0.6 is 0 Å². The number of rotatable bonds is 3. The molecular weight excluding hydrogens is 153 g/mol. The van der Waals surface area contributed by atoms with Crippen LogP contribution < -0.4 is 9.60 Å². The Bertz CT molecular complexity index is 104. The largest absolute Gasteiger partial charge is 1.00 e. The molecule has 1 heterocycles. The molecule has 0 aliphatic carbocycles. The molecule has 1 rings (SSSR count). The first-order valence-corrected chi connectivity index (χ1v) is 5.23. The Kier molecular flexibility index (Phi) is 6.35. The Balaban J connectivity index is 0.00000121. The number of piperidine rings is 1. The third-order valence-corrected chi connectivity index (χ3v) is 2.97. The zero-order valence-electron chi connectivity index (χ0n) is 8.41. The molecular formula is C10H22FN. The fourth-order valence-electron chi connectivity index (χ4n) is 2.31. The van der Waals surface area contributed by atoms with Gasteiger partial charge in [-0.05, 0) is 32.6 Å². The molecule has 1 aliphatic rings. The van der Waals surface area contributed by atoms with Crippen LogP contribution in [-0.2, 0) is 0 Å². The molecule has 74 valence electrons. The summed E-state index contributed by atoms with van der Waals surface area (Å²) < 4.78 is 0. The van der Waals surface area contributed by atoms with Gasteiger partial charge in [0.15, 0.2) is 0 Å². The first-order chi connectivity index (χ1) is 5.38. The number of nitrogens with one attached hydrogen (secondary N) is 1. The van der Waals surface area contributed by atoms with Crippen LogP contribution in [0.15, 0.2) is 0 Å². The van der Waals surface area contributed by atoms with Crippen LogP contribution in [0.25, 0.3) is 0 Å². The molecule has 0 bridgehead atoms. The molecule has 2 atom stereocenters. The van der Waals surface area contributed by atoms with E-state index < -0.39 is 0 Å². The second-order valence-electron chi connectivity index (χ2n) is 3.74. The van der Waals surface area contributed by atoms with E-state index in [1.807, 2.05) is 4.90 Å². The molecule has 1 aliphatic heterocycles. The lowest BCUT2D eigenvalue weighted by atomic mass is 9.98. The van der Waals surface area contributed by atoms with Gasteiger partial charge in [-0.25, -0.2) is 0 Å². The van der Waals surface area contributed by atoms with Crippen LogP contribution in [0.4, 0.5) is 0 Å². The van der Waals surface area contributed by atoms with Gasteiger partial charge in [0, 0.05) is 0 Å². The van der Waals surface area contributed by atoms with Crippen molar-refractivity contribution >= 4 is 0 Å². The highest BCUT2D eigenvalue weighted by Gasteiger charge is 2.22. The average Bonchev–Trinajstić information content (AvgIpc) is 2.06. The molecule has 0 aromatic rings. The quantitative estimate of drug-likeness (QED) is 0.519. The monoisotopic (exact) mass is 175 g/mol. The minimum Gasteiger partial charge on any atom is -1.00 e. The van der Waals surface area contributed by atoms with Gasteiger partial charge in [-0.15, -0.1) is 0 Å². The van der Waals surface area contributed by atoms with Gasteiger partial charge in [-0.3, -0.25) is 0 Å². The van der Waals surface area contributed by atoms with Crippen LogP contribution in [0.1, 0.15) is 46.0 Å². The lowest BCUT2D eigenvalue weighted by molar-refractivity contribution is -0.929. The number of likely N-dealkylation sites (tertiary alicyclic amines) is 1. The molecule has 0 aromatic heterocycles. The van der Waals surface area contributed by atoms with Gasteiger partial charge < -0.3 is 9.60 Å². The standard InChI is InChI=1S/C10H21N.FH/c1-3-7-10-8-5-6-9-11(10)4-2;/h10H,3-9H2,1-2H3;1H. The SMILES string of the molecule is CCCC1CCCC[NH+]1CC.[F-]. The van der Waals surface area contributed by atoms with E-state index in [1.165, 1.54) is 45.2 Å². The zero-order valence-corrected chi connectivity index (χ0v) is 8.41. The Hall–Kier alpha value is -0.110. The highest BCUT2D eigenvalue weighted by molar-refractivity contribution is 4.60. The van der Waals surface area contributed by atoms with Crippen molar-refractivity contribution in [3.05, 3.63) is 0 Å². The van der Waals surface area contributed by atoms with Crippen LogP contribution in [0.2, 0.25) is 0 Å². The van der Waals surface area contributed by atoms with Crippen molar-refractivity contribution in [1.29, 1.82) is 0 Å². The lowest BCUT2D eigenvalue weighted by Gasteiger charge is -2.31. The molecule has 2 heteroatoms. The van der Waals surface area contributed by atoms with Gasteiger partial charge in [-0.2, -0.15) is 0 Å². The molecule has 0 spiro atoms. The van der Waals surface area contributed by atoms with E-state index in [0.29, 0.717) is 0 Å². The maximum absolute atomic E-state index is 2.32. The average molecular weight is 175 g/mol. The highest BCUT2D eigenvalue weighted by Crippen LogP contribution is 2.07. The number of hydrogen-bond donors (Lipinski definition) is 1. The molecule has 0 saturated carbocycles. The van der Waals surface area contributed by atoms with E-state index in [4.69, 9.17) is 0 Å². The summed E-state index contributed by atoms with van der Waals surface area (Å²) in [4.78, 5) is 1.86. The van der Waals surface area contributed by atoms with E-state index >= 15 is 0 Å². The third-order valence-electron chi connectivity index (χ3n) is 2.97. The summed E-state index contributed by atoms with van der Waals surface area (Å²) in [5.41, 5.74) is 0. The molecule has 1 fully saturated rings. The third kappa shape index (κ3) is 3.10. The molecule has 1 saturated heterocycles. The summed E-state index contributed by atoms with van der Waals surface area (Å²) in [6.45, 7) is 7.40. The predicted octanol–water partition coefficient (Wildman–Crippen LogP) is -1.75. The first kappa shape index (κ1) is 11.9. The smallest absolute Gasteiger partial charge is 0.0874 e. The molecule has 0 amide bonds. The molecule has 0 aromatic carbocycles. The van der Waals surface area contributed by atoms with E-state index in [9.17, 15) is 0 Å². The van der Waals surface area contributed by atoms with Crippen molar-refractivity contribution in [2.24, 2.45) is 0 Å². The Morgan fingerprint density at radius 2 is 2.00 bits per heavy atom. The van der Waals surface area contributed by atoms with Gasteiger partial charge in [0.25, 0.3) is 0 Å². The van der Waals surface area contributed by atoms with Crippen LogP contribution in [0, 0.1) is 0 Å². The van der Waals surface area contributed by atoms with E-state index in [1.54, 1.807) is 0 Å². The summed E-state index contributed by atoms with van der Waals surface area (Å²) in [5.74, 6) is 0. The number of quaternary nitrogens is 1. The van der Waals surface area contributed by atoms with Crippen LogP contribution in [-0.4, -0.2) is 19.1 Å². The van der Waals surface area contributed by atoms with Crippen LogP contribution in [0.5, 0.6) is 0 Å². The Morgan fingerprint density at radius 1 is 1.25 bits per heavy atom. The second-order valence-corrected chi connectivity index (χ2v) is 3.74. The van der Waals surface area contributed by atoms with E-state index in [-0.39, 0.29) is 4.70 Å².